The molecule has 24 heavy (non-hydrogen) atoms. The number of carbonyl (C=O) groups excluding carboxylic acids is 1. The van der Waals surface area contributed by atoms with Crippen LogP contribution < -0.4 is 5.32 Å². The lowest BCUT2D eigenvalue weighted by molar-refractivity contribution is 0.0828. The molecule has 0 fully saturated rings. The topological polar surface area (TPSA) is 71.0 Å². The zero-order valence-electron chi connectivity index (χ0n) is 13.5. The van der Waals surface area contributed by atoms with Crippen LogP contribution in [0.2, 0.25) is 0 Å². The minimum atomic E-state index is -0.119. The number of carbonyl (C=O) groups is 1. The van der Waals surface area contributed by atoms with Gasteiger partial charge in [0.15, 0.2) is 0 Å². The van der Waals surface area contributed by atoms with E-state index in [1.165, 1.54) is 4.90 Å². The molecule has 1 amide bonds. The summed E-state index contributed by atoms with van der Waals surface area (Å²) < 4.78 is 0. The van der Waals surface area contributed by atoms with Crippen molar-refractivity contribution in [3.05, 3.63) is 66.7 Å². The number of hydrogen-bond donors (Lipinski definition) is 1. The second-order valence-corrected chi connectivity index (χ2v) is 5.40. The molecule has 0 radical (unpaired) electrons. The van der Waals surface area contributed by atoms with Gasteiger partial charge in [-0.25, -0.2) is 4.98 Å². The third kappa shape index (κ3) is 3.38. The van der Waals surface area contributed by atoms with Gasteiger partial charge in [-0.3, -0.25) is 14.8 Å². The maximum absolute atomic E-state index is 12.4. The Labute approximate surface area is 140 Å². The molecular formula is C18H17N5O. The maximum atomic E-state index is 12.4. The maximum Gasteiger partial charge on any atom is 0.257 e. The molecule has 3 rings (SSSR count). The van der Waals surface area contributed by atoms with E-state index in [0.717, 1.165) is 16.9 Å². The Balaban J connectivity index is 2.05. The number of pyridine rings is 3. The molecule has 0 atom stereocenters. The molecule has 0 aliphatic heterocycles. The molecule has 0 aliphatic carbocycles. The first-order valence-corrected chi connectivity index (χ1v) is 7.45. The molecular weight excluding hydrogens is 302 g/mol. The molecule has 0 aromatic carbocycles. The number of anilines is 2. The Morgan fingerprint density at radius 2 is 1.75 bits per heavy atom. The molecule has 0 unspecified atom stereocenters. The van der Waals surface area contributed by atoms with Gasteiger partial charge in [-0.1, -0.05) is 0 Å². The second kappa shape index (κ2) is 6.87. The first kappa shape index (κ1) is 15.6. The van der Waals surface area contributed by atoms with Crippen LogP contribution in [-0.2, 0) is 0 Å². The normalized spacial score (nSPS) is 10.2. The third-order valence-electron chi connectivity index (χ3n) is 3.41. The average molecular weight is 319 g/mol. The second-order valence-electron chi connectivity index (χ2n) is 5.40. The Hall–Kier alpha value is -3.28. The highest BCUT2D eigenvalue weighted by atomic mass is 16.2. The molecule has 0 spiro atoms. The molecule has 3 heterocycles. The van der Waals surface area contributed by atoms with Crippen molar-refractivity contribution in [3.8, 4) is 11.3 Å². The fourth-order valence-corrected chi connectivity index (χ4v) is 2.22. The van der Waals surface area contributed by atoms with E-state index in [1.54, 1.807) is 44.9 Å². The standard InChI is InChI=1S/C18H17N5O/c1-23(2)18(24)15-7-8-16(13-5-3-9-19-11-13)22-17(15)21-14-6-4-10-20-12-14/h3-12H,1-2H3,(H,21,22). The minimum Gasteiger partial charge on any atom is -0.345 e. The summed E-state index contributed by atoms with van der Waals surface area (Å²) in [7, 11) is 3.43. The van der Waals surface area contributed by atoms with Crippen LogP contribution in [0.25, 0.3) is 11.3 Å². The first-order chi connectivity index (χ1) is 11.6. The quantitative estimate of drug-likeness (QED) is 0.800. The highest BCUT2D eigenvalue weighted by Crippen LogP contribution is 2.24. The van der Waals surface area contributed by atoms with Gasteiger partial charge in [0.2, 0.25) is 0 Å². The van der Waals surface area contributed by atoms with E-state index in [2.05, 4.69) is 20.3 Å². The average Bonchev–Trinajstić information content (AvgIpc) is 2.62. The van der Waals surface area contributed by atoms with Gasteiger partial charge in [0.05, 0.1) is 23.1 Å². The van der Waals surface area contributed by atoms with Gasteiger partial charge >= 0.3 is 0 Å². The van der Waals surface area contributed by atoms with Crippen molar-refractivity contribution in [2.75, 3.05) is 19.4 Å². The van der Waals surface area contributed by atoms with E-state index >= 15 is 0 Å². The van der Waals surface area contributed by atoms with Crippen LogP contribution in [-0.4, -0.2) is 39.9 Å². The Kier molecular flexibility index (Phi) is 4.47. The van der Waals surface area contributed by atoms with E-state index in [-0.39, 0.29) is 5.91 Å². The Morgan fingerprint density at radius 1 is 1.00 bits per heavy atom. The lowest BCUT2D eigenvalue weighted by Crippen LogP contribution is -2.23. The number of nitrogens with one attached hydrogen (secondary N) is 1. The Bertz CT molecular complexity index is 835. The molecule has 6 nitrogen and oxygen atoms in total. The van der Waals surface area contributed by atoms with Gasteiger partial charge < -0.3 is 10.2 Å². The number of aromatic nitrogens is 3. The molecule has 6 heteroatoms. The lowest BCUT2D eigenvalue weighted by Gasteiger charge is -2.15. The van der Waals surface area contributed by atoms with Crippen LogP contribution in [0.15, 0.2) is 61.2 Å². The fourth-order valence-electron chi connectivity index (χ4n) is 2.22. The van der Waals surface area contributed by atoms with Crippen molar-refractivity contribution in [2.24, 2.45) is 0 Å². The lowest BCUT2D eigenvalue weighted by atomic mass is 10.1. The fraction of sp³-hybridized carbons (Fsp3) is 0.111. The van der Waals surface area contributed by atoms with Crippen molar-refractivity contribution < 1.29 is 4.79 Å². The summed E-state index contributed by atoms with van der Waals surface area (Å²) in [4.78, 5) is 26.7. The number of hydrogen-bond acceptors (Lipinski definition) is 5. The van der Waals surface area contributed by atoms with Crippen LogP contribution in [0.3, 0.4) is 0 Å². The zero-order valence-corrected chi connectivity index (χ0v) is 13.5. The molecule has 3 aromatic rings. The highest BCUT2D eigenvalue weighted by molar-refractivity contribution is 5.99. The summed E-state index contributed by atoms with van der Waals surface area (Å²) in [6.07, 6.45) is 6.82. The summed E-state index contributed by atoms with van der Waals surface area (Å²) in [5, 5.41) is 3.18. The van der Waals surface area contributed by atoms with Crippen LogP contribution >= 0.6 is 0 Å². The summed E-state index contributed by atoms with van der Waals surface area (Å²) >= 11 is 0. The van der Waals surface area contributed by atoms with Crippen molar-refractivity contribution in [3.63, 3.8) is 0 Å². The largest absolute Gasteiger partial charge is 0.345 e. The van der Waals surface area contributed by atoms with Gasteiger partial charge in [0, 0.05) is 38.2 Å². The predicted octanol–water partition coefficient (Wildman–Crippen LogP) is 2.98. The highest BCUT2D eigenvalue weighted by Gasteiger charge is 2.16. The monoisotopic (exact) mass is 319 g/mol. The van der Waals surface area contributed by atoms with E-state index < -0.39 is 0 Å². The summed E-state index contributed by atoms with van der Waals surface area (Å²) in [6.45, 7) is 0. The number of amides is 1. The van der Waals surface area contributed by atoms with E-state index in [4.69, 9.17) is 0 Å². The minimum absolute atomic E-state index is 0.119. The van der Waals surface area contributed by atoms with Crippen molar-refractivity contribution in [1.82, 2.24) is 19.9 Å². The third-order valence-corrected chi connectivity index (χ3v) is 3.41. The number of rotatable bonds is 4. The van der Waals surface area contributed by atoms with Gasteiger partial charge in [0.1, 0.15) is 5.82 Å². The van der Waals surface area contributed by atoms with Gasteiger partial charge in [-0.05, 0) is 36.4 Å². The molecule has 3 aromatic heterocycles. The smallest absolute Gasteiger partial charge is 0.257 e. The van der Waals surface area contributed by atoms with E-state index in [9.17, 15) is 4.79 Å². The Morgan fingerprint density at radius 3 is 2.38 bits per heavy atom. The van der Waals surface area contributed by atoms with Gasteiger partial charge in [0.25, 0.3) is 5.91 Å². The molecule has 0 saturated carbocycles. The molecule has 0 bridgehead atoms. The SMILES string of the molecule is CN(C)C(=O)c1ccc(-c2cccnc2)nc1Nc1cccnc1. The summed E-state index contributed by atoms with van der Waals surface area (Å²) in [6, 6.07) is 11.1. The predicted molar refractivity (Wildman–Crippen MR) is 93.0 cm³/mol. The van der Waals surface area contributed by atoms with Crippen molar-refractivity contribution >= 4 is 17.4 Å². The zero-order chi connectivity index (χ0) is 16.9. The van der Waals surface area contributed by atoms with Crippen LogP contribution in [0.1, 0.15) is 10.4 Å². The first-order valence-electron chi connectivity index (χ1n) is 7.45. The van der Waals surface area contributed by atoms with Crippen molar-refractivity contribution in [1.29, 1.82) is 0 Å². The van der Waals surface area contributed by atoms with Crippen LogP contribution in [0, 0.1) is 0 Å². The molecule has 120 valence electrons. The van der Waals surface area contributed by atoms with Gasteiger partial charge in [-0.15, -0.1) is 0 Å². The summed E-state index contributed by atoms with van der Waals surface area (Å²) in [5.74, 6) is 0.370. The van der Waals surface area contributed by atoms with Crippen LogP contribution in [0.5, 0.6) is 0 Å². The van der Waals surface area contributed by atoms with Crippen molar-refractivity contribution in [2.45, 2.75) is 0 Å². The number of nitrogens with zero attached hydrogens (tertiary/aromatic N) is 4. The van der Waals surface area contributed by atoms with Gasteiger partial charge in [-0.2, -0.15) is 0 Å². The molecule has 1 N–H and O–H groups in total. The molecule has 0 aliphatic rings. The van der Waals surface area contributed by atoms with E-state index in [1.807, 2.05) is 30.3 Å². The van der Waals surface area contributed by atoms with Crippen LogP contribution in [0.4, 0.5) is 11.5 Å². The van der Waals surface area contributed by atoms with E-state index in [0.29, 0.717) is 11.4 Å². The summed E-state index contributed by atoms with van der Waals surface area (Å²) in [5.41, 5.74) is 2.89. The molecule has 0 saturated heterocycles.